The third-order valence-corrected chi connectivity index (χ3v) is 8.26. The Morgan fingerprint density at radius 1 is 1.19 bits per heavy atom. The molecule has 2 bridgehead atoms. The van der Waals surface area contributed by atoms with Crippen LogP contribution in [0.25, 0.3) is 0 Å². The second kappa shape index (κ2) is 5.76. The van der Waals surface area contributed by atoms with Crippen LogP contribution in [0.1, 0.15) is 49.7 Å². The Bertz CT molecular complexity index is 784. The van der Waals surface area contributed by atoms with Crippen LogP contribution in [0.2, 0.25) is 0 Å². The second-order valence-corrected chi connectivity index (χ2v) is 9.25. The van der Waals surface area contributed by atoms with Gasteiger partial charge in [0.15, 0.2) is 11.5 Å². The van der Waals surface area contributed by atoms with Crippen LogP contribution in [0.3, 0.4) is 0 Å². The zero-order valence-electron chi connectivity index (χ0n) is 15.4. The number of hydrogen-bond acceptors (Lipinski definition) is 5. The maximum atomic E-state index is 12.1. The minimum absolute atomic E-state index is 0. The number of phenols is 1. The fourth-order valence-corrected chi connectivity index (χ4v) is 6.83. The summed E-state index contributed by atoms with van der Waals surface area (Å²) in [6, 6.07) is 3.80. The fraction of sp³-hybridized carbons (Fsp3) is 0.714. The van der Waals surface area contributed by atoms with E-state index in [1.54, 1.807) is 6.07 Å². The summed E-state index contributed by atoms with van der Waals surface area (Å²) >= 11 is 0. The molecule has 1 aromatic carbocycles. The molecule has 5 aliphatic rings. The maximum Gasteiger partial charge on any atom is 0.165 e. The first-order valence-electron chi connectivity index (χ1n) is 10.2. The van der Waals surface area contributed by atoms with E-state index in [9.17, 15) is 15.3 Å². The predicted octanol–water partition coefficient (Wildman–Crippen LogP) is 2.13. The summed E-state index contributed by atoms with van der Waals surface area (Å²) in [6.45, 7) is 2.02. The van der Waals surface area contributed by atoms with Gasteiger partial charge in [0.1, 0.15) is 6.10 Å². The molecule has 1 aromatic rings. The van der Waals surface area contributed by atoms with Crippen molar-refractivity contribution in [3.05, 3.63) is 23.3 Å². The number of nitrogens with zero attached hydrogens (tertiary/aromatic N) is 1. The van der Waals surface area contributed by atoms with Crippen molar-refractivity contribution >= 4 is 12.4 Å². The summed E-state index contributed by atoms with van der Waals surface area (Å²) < 4.78 is 6.16. The van der Waals surface area contributed by atoms with Crippen molar-refractivity contribution < 1.29 is 20.1 Å². The average molecular weight is 394 g/mol. The van der Waals surface area contributed by atoms with E-state index in [1.807, 2.05) is 6.07 Å². The Kier molecular flexibility index (Phi) is 3.85. The average Bonchev–Trinajstić information content (AvgIpc) is 2.93. The van der Waals surface area contributed by atoms with Gasteiger partial charge in [-0.25, -0.2) is 0 Å². The van der Waals surface area contributed by atoms with Gasteiger partial charge >= 0.3 is 0 Å². The molecule has 3 aliphatic carbocycles. The fourth-order valence-electron chi connectivity index (χ4n) is 6.83. The normalized spacial score (nSPS) is 41.9. The number of piperidine rings is 1. The molecular weight excluding hydrogens is 366 g/mol. The number of likely N-dealkylation sites (tertiary alicyclic amines) is 1. The first-order valence-corrected chi connectivity index (χ1v) is 10.2. The highest BCUT2D eigenvalue weighted by Crippen LogP contribution is 2.65. The summed E-state index contributed by atoms with van der Waals surface area (Å²) in [7, 11) is 0. The zero-order valence-corrected chi connectivity index (χ0v) is 16.2. The lowest BCUT2D eigenvalue weighted by molar-refractivity contribution is -0.209. The topological polar surface area (TPSA) is 73.2 Å². The Morgan fingerprint density at radius 2 is 2.00 bits per heavy atom. The predicted molar refractivity (Wildman–Crippen MR) is 103 cm³/mol. The van der Waals surface area contributed by atoms with Gasteiger partial charge in [-0.15, -0.1) is 12.4 Å². The summed E-state index contributed by atoms with van der Waals surface area (Å²) in [5, 5.41) is 33.2. The number of rotatable bonds is 2. The lowest BCUT2D eigenvalue weighted by atomic mass is 9.48. The Morgan fingerprint density at radius 3 is 2.74 bits per heavy atom. The van der Waals surface area contributed by atoms with Crippen LogP contribution in [0.15, 0.2) is 12.1 Å². The number of aliphatic hydroxyl groups is 2. The molecule has 1 saturated heterocycles. The van der Waals surface area contributed by atoms with Crippen LogP contribution >= 0.6 is 12.4 Å². The summed E-state index contributed by atoms with van der Waals surface area (Å²) in [5.41, 5.74) is 0.712. The molecule has 6 heteroatoms. The molecular formula is C21H28ClNO4. The molecule has 0 aromatic heterocycles. The first-order chi connectivity index (χ1) is 12.5. The summed E-state index contributed by atoms with van der Waals surface area (Å²) in [4.78, 5) is 2.53. The van der Waals surface area contributed by atoms with Gasteiger partial charge in [0.25, 0.3) is 0 Å². The smallest absolute Gasteiger partial charge is 0.165 e. The van der Waals surface area contributed by atoms with Gasteiger partial charge in [0.2, 0.25) is 0 Å². The Labute approximate surface area is 165 Å². The number of ether oxygens (including phenoxy) is 1. The summed E-state index contributed by atoms with van der Waals surface area (Å²) in [6.07, 6.45) is 5.68. The van der Waals surface area contributed by atoms with E-state index >= 15 is 0 Å². The van der Waals surface area contributed by atoms with Crippen molar-refractivity contribution in [3.63, 3.8) is 0 Å². The monoisotopic (exact) mass is 393 g/mol. The number of benzene rings is 1. The minimum atomic E-state index is -0.884. The van der Waals surface area contributed by atoms with E-state index in [-0.39, 0.29) is 24.2 Å². The molecule has 5 nitrogen and oxygen atoms in total. The number of halogens is 1. The molecule has 1 unspecified atom stereocenters. The number of phenolic OH excluding ortho intramolecular Hbond substituents is 1. The minimum Gasteiger partial charge on any atom is -0.504 e. The molecule has 3 fully saturated rings. The first kappa shape index (κ1) is 18.0. The molecule has 2 saturated carbocycles. The van der Waals surface area contributed by atoms with Crippen molar-refractivity contribution in [2.45, 2.75) is 74.2 Å². The highest BCUT2D eigenvalue weighted by atomic mass is 35.5. The van der Waals surface area contributed by atoms with Gasteiger partial charge in [-0.2, -0.15) is 0 Å². The summed E-state index contributed by atoms with van der Waals surface area (Å²) in [5.74, 6) is 1.42. The molecule has 0 amide bonds. The van der Waals surface area contributed by atoms with E-state index in [4.69, 9.17) is 4.74 Å². The molecule has 5 atom stereocenters. The van der Waals surface area contributed by atoms with Gasteiger partial charge in [-0.05, 0) is 62.6 Å². The van der Waals surface area contributed by atoms with Crippen LogP contribution in [0.5, 0.6) is 11.5 Å². The van der Waals surface area contributed by atoms with Crippen molar-refractivity contribution in [3.8, 4) is 11.5 Å². The highest BCUT2D eigenvalue weighted by Gasteiger charge is 2.72. The van der Waals surface area contributed by atoms with E-state index < -0.39 is 23.2 Å². The maximum absolute atomic E-state index is 12.1. The molecule has 148 valence electrons. The van der Waals surface area contributed by atoms with Crippen LogP contribution in [0.4, 0.5) is 0 Å². The van der Waals surface area contributed by atoms with Crippen molar-refractivity contribution in [1.29, 1.82) is 0 Å². The quantitative estimate of drug-likeness (QED) is 0.717. The van der Waals surface area contributed by atoms with Crippen LogP contribution in [0, 0.1) is 5.92 Å². The zero-order chi connectivity index (χ0) is 17.7. The van der Waals surface area contributed by atoms with Crippen LogP contribution in [-0.2, 0) is 11.8 Å². The van der Waals surface area contributed by atoms with Gasteiger partial charge in [0, 0.05) is 18.2 Å². The Hall–Kier alpha value is -1.01. The number of hydrogen-bond donors (Lipinski definition) is 3. The molecule has 2 aliphatic heterocycles. The standard InChI is InChI=1S/C21H27NO4.ClH/c23-14-5-4-13-10-16-21(25)7-6-15(24)19-20(21,17(13)18(14)26-19)8-9-22(16)11-12-2-1-3-12;/h4-5,12,15-16,19,23-25H,1-3,6-11H2;1H/t15-,16+,19-,20-,21?;/m0./s1. The third-order valence-electron chi connectivity index (χ3n) is 8.26. The second-order valence-electron chi connectivity index (χ2n) is 9.25. The van der Waals surface area contributed by atoms with E-state index in [2.05, 4.69) is 4.90 Å². The number of aliphatic hydroxyl groups excluding tert-OH is 1. The molecule has 1 spiro atoms. The van der Waals surface area contributed by atoms with E-state index in [0.29, 0.717) is 18.6 Å². The molecule has 2 heterocycles. The largest absolute Gasteiger partial charge is 0.504 e. The van der Waals surface area contributed by atoms with Gasteiger partial charge in [-0.3, -0.25) is 4.90 Å². The molecule has 0 radical (unpaired) electrons. The lowest BCUT2D eigenvalue weighted by Crippen LogP contribution is -2.77. The molecule has 3 N–H and O–H groups in total. The van der Waals surface area contributed by atoms with Gasteiger partial charge in [-0.1, -0.05) is 12.5 Å². The van der Waals surface area contributed by atoms with Crippen molar-refractivity contribution in [1.82, 2.24) is 4.90 Å². The molecule has 6 rings (SSSR count). The SMILES string of the molecule is Cl.Oc1ccc2c3c1O[C@H]1[C@@H](O)CCC4(O)[C@@H](C2)N(CC2CCC2)CC[C@]314. The molecule has 27 heavy (non-hydrogen) atoms. The highest BCUT2D eigenvalue weighted by molar-refractivity contribution is 5.85. The lowest BCUT2D eigenvalue weighted by Gasteiger charge is -2.64. The van der Waals surface area contributed by atoms with Gasteiger partial charge in [0.05, 0.1) is 17.1 Å². The number of aromatic hydroxyl groups is 1. The Balaban J connectivity index is 0.00000160. The van der Waals surface area contributed by atoms with Gasteiger partial charge < -0.3 is 20.1 Å². The third kappa shape index (κ3) is 2.01. The van der Waals surface area contributed by atoms with Crippen LogP contribution in [-0.4, -0.2) is 57.2 Å². The van der Waals surface area contributed by atoms with E-state index in [1.165, 1.54) is 24.8 Å². The van der Waals surface area contributed by atoms with Crippen molar-refractivity contribution in [2.24, 2.45) is 5.92 Å². The van der Waals surface area contributed by atoms with E-state index in [0.717, 1.165) is 37.4 Å². The van der Waals surface area contributed by atoms with Crippen molar-refractivity contribution in [2.75, 3.05) is 13.1 Å². The van der Waals surface area contributed by atoms with Crippen LogP contribution < -0.4 is 4.74 Å².